The first-order valence-corrected chi connectivity index (χ1v) is 7.72. The van der Waals surface area contributed by atoms with Crippen LogP contribution in [0.25, 0.3) is 0 Å². The molecule has 1 amide bonds. The molecule has 0 aromatic heterocycles. The Balaban J connectivity index is 2.07. The molecular weight excluding hydrogens is 292 g/mol. The third kappa shape index (κ3) is 3.74. The van der Waals surface area contributed by atoms with Crippen LogP contribution in [-0.4, -0.2) is 44.9 Å². The number of hydrogen-bond donors (Lipinski definition) is 2. The highest BCUT2D eigenvalue weighted by molar-refractivity contribution is 7.99. The number of thioether (sulfide) groups is 1. The molecule has 2 N–H and O–H groups in total. The number of amides is 1. The highest BCUT2D eigenvalue weighted by Gasteiger charge is 2.22. The molecule has 116 valence electrons. The van der Waals surface area contributed by atoms with E-state index < -0.39 is 0 Å². The van der Waals surface area contributed by atoms with E-state index in [9.17, 15) is 4.79 Å². The van der Waals surface area contributed by atoms with E-state index >= 15 is 0 Å². The van der Waals surface area contributed by atoms with Gasteiger partial charge in [0.1, 0.15) is 0 Å². The van der Waals surface area contributed by atoms with Gasteiger partial charge >= 0.3 is 0 Å². The van der Waals surface area contributed by atoms with Crippen molar-refractivity contribution in [1.29, 1.82) is 0 Å². The van der Waals surface area contributed by atoms with E-state index in [1.165, 1.54) is 0 Å². The van der Waals surface area contributed by atoms with Gasteiger partial charge in [0, 0.05) is 18.2 Å². The number of carbonyl (C=O) groups excluding carboxylic acids is 1. The van der Waals surface area contributed by atoms with Crippen molar-refractivity contribution in [2.24, 2.45) is 0 Å². The summed E-state index contributed by atoms with van der Waals surface area (Å²) in [6.07, 6.45) is 0. The fourth-order valence-electron chi connectivity index (χ4n) is 2.11. The number of rotatable bonds is 6. The Morgan fingerprint density at radius 3 is 2.43 bits per heavy atom. The summed E-state index contributed by atoms with van der Waals surface area (Å²) in [5, 5.41) is 6.05. The second-order valence-electron chi connectivity index (χ2n) is 4.52. The van der Waals surface area contributed by atoms with E-state index in [4.69, 9.17) is 14.2 Å². The zero-order chi connectivity index (χ0) is 15.2. The number of methoxy groups -OCH3 is 3. The maximum Gasteiger partial charge on any atom is 0.238 e. The molecule has 0 saturated carbocycles. The van der Waals surface area contributed by atoms with Gasteiger partial charge in [0.25, 0.3) is 0 Å². The molecule has 1 aliphatic rings. The molecule has 1 fully saturated rings. The number of carbonyl (C=O) groups is 1. The van der Waals surface area contributed by atoms with Crippen LogP contribution in [0.1, 0.15) is 5.56 Å². The zero-order valence-corrected chi connectivity index (χ0v) is 13.2. The monoisotopic (exact) mass is 312 g/mol. The van der Waals surface area contributed by atoms with Crippen LogP contribution in [-0.2, 0) is 11.3 Å². The largest absolute Gasteiger partial charge is 0.493 e. The summed E-state index contributed by atoms with van der Waals surface area (Å²) >= 11 is 1.72. The van der Waals surface area contributed by atoms with Crippen molar-refractivity contribution < 1.29 is 19.0 Å². The van der Waals surface area contributed by atoms with Crippen LogP contribution in [0.2, 0.25) is 0 Å². The standard InChI is InChI=1S/C14H20N2O4S/c1-18-11-4-9(5-12(19-2)13(11)20-3)6-15-14(17)10-7-21-8-16-10/h4-5,10,16H,6-8H2,1-3H3,(H,15,17). The summed E-state index contributed by atoms with van der Waals surface area (Å²) in [4.78, 5) is 12.0. The first-order chi connectivity index (χ1) is 10.2. The minimum absolute atomic E-state index is 0.00810. The van der Waals surface area contributed by atoms with Gasteiger partial charge in [-0.15, -0.1) is 11.8 Å². The summed E-state index contributed by atoms with van der Waals surface area (Å²) in [6, 6.07) is 3.55. The number of hydrogen-bond acceptors (Lipinski definition) is 6. The van der Waals surface area contributed by atoms with Crippen molar-refractivity contribution in [3.05, 3.63) is 17.7 Å². The Labute approximate surface area is 128 Å². The smallest absolute Gasteiger partial charge is 0.238 e. The first-order valence-electron chi connectivity index (χ1n) is 6.57. The van der Waals surface area contributed by atoms with Crippen molar-refractivity contribution in [3.63, 3.8) is 0 Å². The van der Waals surface area contributed by atoms with Crippen molar-refractivity contribution >= 4 is 17.7 Å². The molecule has 1 heterocycles. The predicted octanol–water partition coefficient (Wildman–Crippen LogP) is 0.991. The van der Waals surface area contributed by atoms with Gasteiger partial charge in [-0.05, 0) is 17.7 Å². The molecule has 0 radical (unpaired) electrons. The molecule has 1 aromatic rings. The SMILES string of the molecule is COc1cc(CNC(=O)C2CSCN2)cc(OC)c1OC. The lowest BCUT2D eigenvalue weighted by Gasteiger charge is -2.15. The summed E-state index contributed by atoms with van der Waals surface area (Å²) in [6.45, 7) is 0.415. The summed E-state index contributed by atoms with van der Waals surface area (Å²) in [5.41, 5.74) is 0.892. The third-order valence-corrected chi connectivity index (χ3v) is 4.16. The fraction of sp³-hybridized carbons (Fsp3) is 0.500. The molecule has 7 heteroatoms. The summed E-state index contributed by atoms with van der Waals surface area (Å²) in [7, 11) is 4.70. The van der Waals surface area contributed by atoms with Gasteiger partial charge in [-0.1, -0.05) is 0 Å². The van der Waals surface area contributed by atoms with Crippen molar-refractivity contribution in [3.8, 4) is 17.2 Å². The van der Waals surface area contributed by atoms with Crippen LogP contribution in [0.3, 0.4) is 0 Å². The van der Waals surface area contributed by atoms with Gasteiger partial charge in [0.2, 0.25) is 11.7 Å². The quantitative estimate of drug-likeness (QED) is 0.816. The van der Waals surface area contributed by atoms with Gasteiger partial charge in [-0.3, -0.25) is 10.1 Å². The molecule has 0 bridgehead atoms. The highest BCUT2D eigenvalue weighted by Crippen LogP contribution is 2.38. The summed E-state index contributed by atoms with van der Waals surface area (Å²) in [5.74, 6) is 3.34. The van der Waals surface area contributed by atoms with E-state index in [0.717, 1.165) is 17.2 Å². The van der Waals surface area contributed by atoms with Crippen LogP contribution in [0, 0.1) is 0 Å². The Hall–Kier alpha value is -1.60. The molecule has 0 spiro atoms. The predicted molar refractivity (Wildman–Crippen MR) is 82.2 cm³/mol. The molecule has 6 nitrogen and oxygen atoms in total. The van der Waals surface area contributed by atoms with Crippen LogP contribution >= 0.6 is 11.8 Å². The topological polar surface area (TPSA) is 68.8 Å². The van der Waals surface area contributed by atoms with Crippen molar-refractivity contribution in [1.82, 2.24) is 10.6 Å². The van der Waals surface area contributed by atoms with Gasteiger partial charge in [0.05, 0.1) is 27.4 Å². The Kier molecular flexibility index (Phi) is 5.58. The molecule has 1 aromatic carbocycles. The third-order valence-electron chi connectivity index (χ3n) is 3.22. The minimum atomic E-state index is -0.114. The molecule has 1 unspecified atom stereocenters. The minimum Gasteiger partial charge on any atom is -0.493 e. The number of ether oxygens (including phenoxy) is 3. The van der Waals surface area contributed by atoms with E-state index in [2.05, 4.69) is 10.6 Å². The van der Waals surface area contributed by atoms with E-state index in [1.807, 2.05) is 12.1 Å². The van der Waals surface area contributed by atoms with Crippen molar-refractivity contribution in [2.45, 2.75) is 12.6 Å². The van der Waals surface area contributed by atoms with Crippen LogP contribution < -0.4 is 24.8 Å². The Morgan fingerprint density at radius 1 is 1.29 bits per heavy atom. The maximum absolute atomic E-state index is 12.0. The second kappa shape index (κ2) is 7.42. The zero-order valence-electron chi connectivity index (χ0n) is 12.4. The molecule has 1 aliphatic heterocycles. The van der Waals surface area contributed by atoms with E-state index in [0.29, 0.717) is 23.8 Å². The van der Waals surface area contributed by atoms with Gasteiger partial charge in [-0.25, -0.2) is 0 Å². The fourth-order valence-corrected chi connectivity index (χ4v) is 3.06. The van der Waals surface area contributed by atoms with Crippen molar-refractivity contribution in [2.75, 3.05) is 33.0 Å². The Bertz CT molecular complexity index is 479. The molecule has 21 heavy (non-hydrogen) atoms. The lowest BCUT2D eigenvalue weighted by Crippen LogP contribution is -2.41. The molecular formula is C14H20N2O4S. The van der Waals surface area contributed by atoms with Gasteiger partial charge in [0.15, 0.2) is 11.5 Å². The van der Waals surface area contributed by atoms with E-state index in [-0.39, 0.29) is 11.9 Å². The average Bonchev–Trinajstić information content (AvgIpc) is 3.05. The number of benzene rings is 1. The molecule has 2 rings (SSSR count). The molecule has 0 aliphatic carbocycles. The molecule has 1 atom stereocenters. The van der Waals surface area contributed by atoms with Gasteiger partial charge in [-0.2, -0.15) is 0 Å². The van der Waals surface area contributed by atoms with E-state index in [1.54, 1.807) is 33.1 Å². The Morgan fingerprint density at radius 2 is 1.95 bits per heavy atom. The normalized spacial score (nSPS) is 17.4. The van der Waals surface area contributed by atoms with Gasteiger partial charge < -0.3 is 19.5 Å². The maximum atomic E-state index is 12.0. The number of nitrogens with one attached hydrogen (secondary N) is 2. The van der Waals surface area contributed by atoms with Crippen LogP contribution in [0.4, 0.5) is 0 Å². The summed E-state index contributed by atoms with van der Waals surface area (Å²) < 4.78 is 15.9. The lowest BCUT2D eigenvalue weighted by atomic mass is 10.1. The van der Waals surface area contributed by atoms with Crippen LogP contribution in [0.5, 0.6) is 17.2 Å². The second-order valence-corrected chi connectivity index (χ2v) is 5.55. The lowest BCUT2D eigenvalue weighted by molar-refractivity contribution is -0.122. The highest BCUT2D eigenvalue weighted by atomic mass is 32.2. The average molecular weight is 312 g/mol. The first kappa shape index (κ1) is 15.8. The van der Waals surface area contributed by atoms with Crippen LogP contribution in [0.15, 0.2) is 12.1 Å². The molecule has 1 saturated heterocycles.